The maximum Gasteiger partial charge on any atom is 0.308 e. The molecule has 116 valence electrons. The average molecular weight is 283 g/mol. The number of nitrogens with one attached hydrogen (secondary N) is 1. The molecule has 0 saturated heterocycles. The van der Waals surface area contributed by atoms with Gasteiger partial charge >= 0.3 is 5.97 Å². The summed E-state index contributed by atoms with van der Waals surface area (Å²) in [5.74, 6) is -1.27. The van der Waals surface area contributed by atoms with Crippen LogP contribution < -0.4 is 5.32 Å². The van der Waals surface area contributed by atoms with Crippen LogP contribution in [0.3, 0.4) is 0 Å². The fourth-order valence-corrected chi connectivity index (χ4v) is 3.18. The Morgan fingerprint density at radius 2 is 1.80 bits per heavy atom. The highest BCUT2D eigenvalue weighted by atomic mass is 16.4. The van der Waals surface area contributed by atoms with E-state index in [1.807, 2.05) is 20.8 Å². The molecule has 4 heteroatoms. The average Bonchev–Trinajstić information content (AvgIpc) is 2.82. The molecule has 0 aromatic rings. The van der Waals surface area contributed by atoms with Gasteiger partial charge in [0.15, 0.2) is 0 Å². The Morgan fingerprint density at radius 1 is 1.25 bits per heavy atom. The number of hydrogen-bond acceptors (Lipinski definition) is 2. The fraction of sp³-hybridized carbons (Fsp3) is 0.875. The first kappa shape index (κ1) is 17.0. The third-order valence-electron chi connectivity index (χ3n) is 4.44. The molecule has 4 nitrogen and oxygen atoms in total. The molecule has 0 aliphatic heterocycles. The molecule has 0 aromatic heterocycles. The molecule has 0 radical (unpaired) electrons. The normalized spacial score (nSPS) is 19.6. The van der Waals surface area contributed by atoms with Gasteiger partial charge in [-0.2, -0.15) is 0 Å². The lowest BCUT2D eigenvalue weighted by Crippen LogP contribution is -2.42. The van der Waals surface area contributed by atoms with Gasteiger partial charge in [0, 0.05) is 12.0 Å². The number of amides is 1. The van der Waals surface area contributed by atoms with Crippen molar-refractivity contribution in [2.45, 2.75) is 66.2 Å². The third kappa shape index (κ3) is 4.50. The van der Waals surface area contributed by atoms with E-state index in [1.165, 1.54) is 0 Å². The number of hydrogen-bond donors (Lipinski definition) is 2. The van der Waals surface area contributed by atoms with Crippen molar-refractivity contribution in [2.24, 2.45) is 16.7 Å². The molecule has 1 atom stereocenters. The summed E-state index contributed by atoms with van der Waals surface area (Å²) in [5.41, 5.74) is -0.297. The predicted octanol–water partition coefficient (Wildman–Crippen LogP) is 3.21. The van der Waals surface area contributed by atoms with Crippen LogP contribution in [0, 0.1) is 16.7 Å². The van der Waals surface area contributed by atoms with E-state index in [-0.39, 0.29) is 23.3 Å². The summed E-state index contributed by atoms with van der Waals surface area (Å²) < 4.78 is 0. The van der Waals surface area contributed by atoms with E-state index in [0.29, 0.717) is 6.42 Å². The molecule has 20 heavy (non-hydrogen) atoms. The smallest absolute Gasteiger partial charge is 0.308 e. The molecule has 0 heterocycles. The number of carbonyl (C=O) groups is 2. The third-order valence-corrected chi connectivity index (χ3v) is 4.44. The van der Waals surface area contributed by atoms with Gasteiger partial charge in [0.1, 0.15) is 0 Å². The summed E-state index contributed by atoms with van der Waals surface area (Å²) in [6, 6.07) is 0. The Balaban J connectivity index is 2.59. The topological polar surface area (TPSA) is 66.4 Å². The quantitative estimate of drug-likeness (QED) is 0.786. The first-order chi connectivity index (χ1) is 9.20. The van der Waals surface area contributed by atoms with E-state index in [0.717, 1.165) is 32.1 Å². The first-order valence-corrected chi connectivity index (χ1v) is 7.71. The van der Waals surface area contributed by atoms with Crippen molar-refractivity contribution in [1.29, 1.82) is 0 Å². The van der Waals surface area contributed by atoms with Gasteiger partial charge in [-0.05, 0) is 31.1 Å². The van der Waals surface area contributed by atoms with Gasteiger partial charge < -0.3 is 10.4 Å². The summed E-state index contributed by atoms with van der Waals surface area (Å²) in [4.78, 5) is 23.7. The van der Waals surface area contributed by atoms with E-state index in [2.05, 4.69) is 12.2 Å². The maximum absolute atomic E-state index is 12.4. The number of rotatable bonds is 6. The van der Waals surface area contributed by atoms with Gasteiger partial charge in [-0.25, -0.2) is 0 Å². The molecule has 0 aromatic carbocycles. The minimum absolute atomic E-state index is 0.0520. The minimum atomic E-state index is -0.822. The number of aliphatic carboxylic acids is 1. The molecular formula is C16H29NO3. The molecule has 1 saturated carbocycles. The largest absolute Gasteiger partial charge is 0.481 e. The molecule has 0 spiro atoms. The second-order valence-corrected chi connectivity index (χ2v) is 7.35. The lowest BCUT2D eigenvalue weighted by atomic mass is 9.81. The summed E-state index contributed by atoms with van der Waals surface area (Å²) in [7, 11) is 0. The second kappa shape index (κ2) is 6.59. The van der Waals surface area contributed by atoms with Gasteiger partial charge in [0.05, 0.1) is 5.92 Å². The lowest BCUT2D eigenvalue weighted by Gasteiger charge is -2.28. The molecular weight excluding hydrogens is 254 g/mol. The van der Waals surface area contributed by atoms with Crippen LogP contribution >= 0.6 is 0 Å². The van der Waals surface area contributed by atoms with Crippen LogP contribution in [0.5, 0.6) is 0 Å². The Morgan fingerprint density at radius 3 is 2.20 bits per heavy atom. The first-order valence-electron chi connectivity index (χ1n) is 7.71. The Hall–Kier alpha value is -1.06. The SMILES string of the molecule is CCC1(C(=O)NCC(CC(C)(C)C)C(=O)O)CCCC1. The van der Waals surface area contributed by atoms with Crippen LogP contribution in [0.25, 0.3) is 0 Å². The van der Waals surface area contributed by atoms with Gasteiger partial charge in [-0.3, -0.25) is 9.59 Å². The van der Waals surface area contributed by atoms with Crippen LogP contribution in [0.2, 0.25) is 0 Å². The van der Waals surface area contributed by atoms with Gasteiger partial charge in [-0.15, -0.1) is 0 Å². The Kier molecular flexibility index (Phi) is 5.60. The van der Waals surface area contributed by atoms with Crippen molar-refractivity contribution < 1.29 is 14.7 Å². The molecule has 2 N–H and O–H groups in total. The molecule has 1 unspecified atom stereocenters. The summed E-state index contributed by atoms with van der Waals surface area (Å²) in [6.45, 7) is 8.36. The maximum atomic E-state index is 12.4. The van der Waals surface area contributed by atoms with Crippen LogP contribution in [0.15, 0.2) is 0 Å². The van der Waals surface area contributed by atoms with E-state index in [9.17, 15) is 14.7 Å². The van der Waals surface area contributed by atoms with Crippen molar-refractivity contribution in [1.82, 2.24) is 5.32 Å². The van der Waals surface area contributed by atoms with Gasteiger partial charge in [-0.1, -0.05) is 40.5 Å². The van der Waals surface area contributed by atoms with Crippen LogP contribution in [-0.4, -0.2) is 23.5 Å². The van der Waals surface area contributed by atoms with Crippen molar-refractivity contribution in [3.63, 3.8) is 0 Å². The zero-order valence-electron chi connectivity index (χ0n) is 13.3. The summed E-state index contributed by atoms with van der Waals surface area (Å²) >= 11 is 0. The van der Waals surface area contributed by atoms with Crippen molar-refractivity contribution in [3.8, 4) is 0 Å². The zero-order valence-corrected chi connectivity index (χ0v) is 13.3. The predicted molar refractivity (Wildman–Crippen MR) is 79.4 cm³/mol. The van der Waals surface area contributed by atoms with Crippen LogP contribution in [0.4, 0.5) is 0 Å². The molecule has 1 aliphatic carbocycles. The number of carboxylic acids is 1. The van der Waals surface area contributed by atoms with E-state index < -0.39 is 11.9 Å². The minimum Gasteiger partial charge on any atom is -0.481 e. The standard InChI is InChI=1S/C16H29NO3/c1-5-16(8-6-7-9-16)14(20)17-11-12(13(18)19)10-15(2,3)4/h12H,5-11H2,1-4H3,(H,17,20)(H,18,19). The number of carboxylic acid groups (broad SMARTS) is 1. The fourth-order valence-electron chi connectivity index (χ4n) is 3.18. The highest BCUT2D eigenvalue weighted by Gasteiger charge is 2.39. The van der Waals surface area contributed by atoms with E-state index >= 15 is 0 Å². The van der Waals surface area contributed by atoms with Crippen LogP contribution in [-0.2, 0) is 9.59 Å². The van der Waals surface area contributed by atoms with Crippen molar-refractivity contribution in [3.05, 3.63) is 0 Å². The second-order valence-electron chi connectivity index (χ2n) is 7.35. The van der Waals surface area contributed by atoms with Gasteiger partial charge in [0.2, 0.25) is 5.91 Å². The van der Waals surface area contributed by atoms with Gasteiger partial charge in [0.25, 0.3) is 0 Å². The highest BCUT2D eigenvalue weighted by Crippen LogP contribution is 2.41. The Bertz CT molecular complexity index is 351. The van der Waals surface area contributed by atoms with E-state index in [4.69, 9.17) is 0 Å². The van der Waals surface area contributed by atoms with E-state index in [1.54, 1.807) is 0 Å². The van der Waals surface area contributed by atoms with Crippen molar-refractivity contribution >= 4 is 11.9 Å². The highest BCUT2D eigenvalue weighted by molar-refractivity contribution is 5.83. The molecule has 1 rings (SSSR count). The molecule has 1 aliphatic rings. The summed E-state index contributed by atoms with van der Waals surface area (Å²) in [5, 5.41) is 12.2. The summed E-state index contributed by atoms with van der Waals surface area (Å²) in [6.07, 6.45) is 5.49. The lowest BCUT2D eigenvalue weighted by molar-refractivity contribution is -0.143. The molecule has 1 fully saturated rings. The zero-order chi connectivity index (χ0) is 15.4. The van der Waals surface area contributed by atoms with Crippen LogP contribution in [0.1, 0.15) is 66.2 Å². The van der Waals surface area contributed by atoms with Crippen molar-refractivity contribution in [2.75, 3.05) is 6.54 Å². The Labute approximate surface area is 122 Å². The molecule has 1 amide bonds. The number of carbonyl (C=O) groups excluding carboxylic acids is 1. The molecule has 0 bridgehead atoms. The monoisotopic (exact) mass is 283 g/mol.